The van der Waals surface area contributed by atoms with E-state index < -0.39 is 0 Å². The molecule has 0 fully saturated rings. The highest BCUT2D eigenvalue weighted by Gasteiger charge is 2.44. The van der Waals surface area contributed by atoms with Gasteiger partial charge in [-0.15, -0.1) is 0 Å². The second-order valence-corrected chi connectivity index (χ2v) is 5.44. The smallest absolute Gasteiger partial charge is 0.0638 e. The summed E-state index contributed by atoms with van der Waals surface area (Å²) < 4.78 is 0. The van der Waals surface area contributed by atoms with Crippen LogP contribution >= 0.6 is 0 Å². The van der Waals surface area contributed by atoms with E-state index in [4.69, 9.17) is 0 Å². The number of likely N-dealkylation sites (N-methyl/N-ethyl adjacent to an activating group) is 1. The van der Waals surface area contributed by atoms with E-state index in [1.165, 1.54) is 32.1 Å². The Balaban J connectivity index is 3.55. The Kier molecular flexibility index (Phi) is 5.21. The van der Waals surface area contributed by atoms with Crippen LogP contribution in [-0.4, -0.2) is 24.5 Å². The Hall–Kier alpha value is -0.560. The molecule has 104 valence electrons. The average Bonchev–Trinajstić information content (AvgIpc) is 2.66. The van der Waals surface area contributed by atoms with E-state index in [2.05, 4.69) is 53.6 Å². The summed E-state index contributed by atoms with van der Waals surface area (Å²) in [7, 11) is 4.50. The highest BCUT2D eigenvalue weighted by molar-refractivity contribution is 5.56. The maximum Gasteiger partial charge on any atom is 0.0638 e. The molecule has 1 heteroatoms. The summed E-state index contributed by atoms with van der Waals surface area (Å²) in [6.07, 6.45) is 5.93. The van der Waals surface area contributed by atoms with Gasteiger partial charge >= 0.3 is 0 Å². The molecule has 0 aliphatic heterocycles. The lowest BCUT2D eigenvalue weighted by atomic mass is 9.79. The van der Waals surface area contributed by atoms with E-state index in [-0.39, 0.29) is 5.54 Å². The summed E-state index contributed by atoms with van der Waals surface area (Å²) in [6.45, 7) is 11.6. The van der Waals surface area contributed by atoms with Gasteiger partial charge in [-0.2, -0.15) is 0 Å². The fraction of sp³-hybridized carbons (Fsp3) is 0.765. The predicted molar refractivity (Wildman–Crippen MR) is 81.9 cm³/mol. The molecule has 0 aromatic rings. The summed E-state index contributed by atoms with van der Waals surface area (Å²) in [5.41, 5.74) is 6.90. The third-order valence-electron chi connectivity index (χ3n) is 4.78. The van der Waals surface area contributed by atoms with Gasteiger partial charge in [0.1, 0.15) is 0 Å². The van der Waals surface area contributed by atoms with Crippen molar-refractivity contribution in [1.82, 2.24) is 4.90 Å². The molecule has 1 rings (SSSR count). The van der Waals surface area contributed by atoms with Crippen molar-refractivity contribution in [3.8, 4) is 0 Å². The molecular weight excluding hydrogens is 218 g/mol. The molecule has 0 heterocycles. The molecule has 0 unspecified atom stereocenters. The van der Waals surface area contributed by atoms with E-state index in [0.717, 1.165) is 0 Å². The highest BCUT2D eigenvalue weighted by atomic mass is 15.2. The molecule has 1 nitrogen and oxygen atoms in total. The molecule has 0 radical (unpaired) electrons. The van der Waals surface area contributed by atoms with Gasteiger partial charge in [-0.05, 0) is 68.5 Å². The molecular formula is C17H31N. The van der Waals surface area contributed by atoms with Crippen LogP contribution in [0.4, 0.5) is 0 Å². The summed E-state index contributed by atoms with van der Waals surface area (Å²) >= 11 is 0. The molecule has 1 aliphatic carbocycles. The SMILES string of the molecule is CCC1=C(CC)C(CC)(N(C)C)C(CC)=C1CC. The van der Waals surface area contributed by atoms with Crippen molar-refractivity contribution >= 4 is 0 Å². The van der Waals surface area contributed by atoms with Crippen molar-refractivity contribution in [1.29, 1.82) is 0 Å². The summed E-state index contributed by atoms with van der Waals surface area (Å²) in [5.74, 6) is 0. The Morgan fingerprint density at radius 1 is 0.722 bits per heavy atom. The van der Waals surface area contributed by atoms with Gasteiger partial charge in [-0.1, -0.05) is 34.6 Å². The molecule has 0 atom stereocenters. The van der Waals surface area contributed by atoms with E-state index in [1.807, 2.05) is 0 Å². The van der Waals surface area contributed by atoms with Crippen molar-refractivity contribution in [2.45, 2.75) is 72.3 Å². The molecule has 0 aromatic carbocycles. The molecule has 18 heavy (non-hydrogen) atoms. The topological polar surface area (TPSA) is 3.24 Å². The first kappa shape index (κ1) is 15.5. The highest BCUT2D eigenvalue weighted by Crippen LogP contribution is 2.50. The summed E-state index contributed by atoms with van der Waals surface area (Å²) in [4.78, 5) is 2.46. The van der Waals surface area contributed by atoms with Gasteiger partial charge < -0.3 is 0 Å². The Bertz CT molecular complexity index is 330. The van der Waals surface area contributed by atoms with Crippen molar-refractivity contribution in [3.05, 3.63) is 22.3 Å². The van der Waals surface area contributed by atoms with Gasteiger partial charge in [0, 0.05) is 0 Å². The van der Waals surface area contributed by atoms with Gasteiger partial charge in [-0.25, -0.2) is 0 Å². The van der Waals surface area contributed by atoms with Gasteiger partial charge in [0.05, 0.1) is 5.54 Å². The monoisotopic (exact) mass is 249 g/mol. The largest absolute Gasteiger partial charge is 0.297 e. The van der Waals surface area contributed by atoms with Gasteiger partial charge in [0.2, 0.25) is 0 Å². The van der Waals surface area contributed by atoms with Crippen LogP contribution in [0.5, 0.6) is 0 Å². The fourth-order valence-corrected chi connectivity index (χ4v) is 4.19. The Labute approximate surface area is 114 Å². The maximum absolute atomic E-state index is 2.46. The molecule has 1 aliphatic rings. The first-order chi connectivity index (χ1) is 8.54. The summed E-state index contributed by atoms with van der Waals surface area (Å²) in [6, 6.07) is 0. The first-order valence-electron chi connectivity index (χ1n) is 7.67. The molecule has 0 saturated carbocycles. The van der Waals surface area contributed by atoms with Crippen LogP contribution < -0.4 is 0 Å². The number of rotatable bonds is 6. The fourth-order valence-electron chi connectivity index (χ4n) is 4.19. The Morgan fingerprint density at radius 3 is 1.28 bits per heavy atom. The van der Waals surface area contributed by atoms with Crippen LogP contribution in [0.3, 0.4) is 0 Å². The zero-order chi connectivity index (χ0) is 13.9. The maximum atomic E-state index is 2.46. The summed E-state index contributed by atoms with van der Waals surface area (Å²) in [5, 5.41) is 0. The quantitative estimate of drug-likeness (QED) is 0.644. The predicted octanol–water partition coefficient (Wildman–Crippen LogP) is 4.94. The third-order valence-corrected chi connectivity index (χ3v) is 4.78. The molecule has 0 aromatic heterocycles. The molecule has 0 spiro atoms. The third kappa shape index (κ3) is 1.97. The van der Waals surface area contributed by atoms with E-state index >= 15 is 0 Å². The first-order valence-corrected chi connectivity index (χ1v) is 7.67. The number of allylic oxidation sites excluding steroid dienone is 2. The van der Waals surface area contributed by atoms with E-state index in [0.29, 0.717) is 0 Å². The second-order valence-electron chi connectivity index (χ2n) is 5.44. The minimum Gasteiger partial charge on any atom is -0.297 e. The number of nitrogens with zero attached hydrogens (tertiary/aromatic N) is 1. The van der Waals surface area contributed by atoms with E-state index in [9.17, 15) is 0 Å². The van der Waals surface area contributed by atoms with Gasteiger partial charge in [-0.3, -0.25) is 4.90 Å². The lowest BCUT2D eigenvalue weighted by molar-refractivity contribution is 0.221. The zero-order valence-corrected chi connectivity index (χ0v) is 13.5. The van der Waals surface area contributed by atoms with Crippen molar-refractivity contribution in [2.75, 3.05) is 14.1 Å². The van der Waals surface area contributed by atoms with E-state index in [1.54, 1.807) is 22.3 Å². The number of hydrogen-bond donors (Lipinski definition) is 0. The average molecular weight is 249 g/mol. The number of hydrogen-bond acceptors (Lipinski definition) is 1. The molecule has 0 saturated heterocycles. The van der Waals surface area contributed by atoms with Gasteiger partial charge in [0.25, 0.3) is 0 Å². The lowest BCUT2D eigenvalue weighted by Gasteiger charge is -2.41. The molecule has 0 amide bonds. The Morgan fingerprint density at radius 2 is 1.11 bits per heavy atom. The van der Waals surface area contributed by atoms with Crippen LogP contribution in [0.25, 0.3) is 0 Å². The van der Waals surface area contributed by atoms with Crippen molar-refractivity contribution in [3.63, 3.8) is 0 Å². The standard InChI is InChI=1S/C17H31N/c1-8-13-14(9-2)16(11-4)17(12-5,18(6)7)15(13)10-3/h8-12H2,1-7H3. The van der Waals surface area contributed by atoms with Crippen LogP contribution in [0, 0.1) is 0 Å². The minimum atomic E-state index is 0.209. The molecule has 0 bridgehead atoms. The van der Waals surface area contributed by atoms with Crippen LogP contribution in [0.2, 0.25) is 0 Å². The van der Waals surface area contributed by atoms with Crippen LogP contribution in [0.15, 0.2) is 22.3 Å². The van der Waals surface area contributed by atoms with Gasteiger partial charge in [0.15, 0.2) is 0 Å². The second kappa shape index (κ2) is 6.06. The van der Waals surface area contributed by atoms with Crippen LogP contribution in [0.1, 0.15) is 66.7 Å². The lowest BCUT2D eigenvalue weighted by Crippen LogP contribution is -2.45. The molecule has 0 N–H and O–H groups in total. The van der Waals surface area contributed by atoms with Crippen LogP contribution in [-0.2, 0) is 0 Å². The van der Waals surface area contributed by atoms with Crippen molar-refractivity contribution in [2.24, 2.45) is 0 Å². The zero-order valence-electron chi connectivity index (χ0n) is 13.5. The normalized spacial score (nSPS) is 19.3. The minimum absolute atomic E-state index is 0.209. The van der Waals surface area contributed by atoms with Crippen molar-refractivity contribution < 1.29 is 0 Å².